The SMILES string of the molecule is NC(=O)[C@@H]1CCCN(C(=O)CCn2cnc3sccc3c2=O)C1. The molecule has 0 radical (unpaired) electrons. The predicted octanol–water partition coefficient (Wildman–Crippen LogP) is 0.572. The molecule has 0 aliphatic carbocycles. The van der Waals surface area contributed by atoms with Gasteiger partial charge in [-0.15, -0.1) is 11.3 Å². The number of primary amides is 1. The number of likely N-dealkylation sites (tertiary alicyclic amines) is 1. The minimum Gasteiger partial charge on any atom is -0.369 e. The summed E-state index contributed by atoms with van der Waals surface area (Å²) < 4.78 is 1.46. The van der Waals surface area contributed by atoms with Crippen LogP contribution in [0.3, 0.4) is 0 Å². The van der Waals surface area contributed by atoms with E-state index in [9.17, 15) is 14.4 Å². The fourth-order valence-corrected chi connectivity index (χ4v) is 3.59. The van der Waals surface area contributed by atoms with Crippen LogP contribution in [-0.2, 0) is 16.1 Å². The zero-order chi connectivity index (χ0) is 16.4. The number of fused-ring (bicyclic) bond motifs is 1. The summed E-state index contributed by atoms with van der Waals surface area (Å²) in [6.45, 7) is 1.30. The van der Waals surface area contributed by atoms with Gasteiger partial charge < -0.3 is 10.6 Å². The van der Waals surface area contributed by atoms with Crippen LogP contribution in [0.1, 0.15) is 19.3 Å². The van der Waals surface area contributed by atoms with Crippen molar-refractivity contribution >= 4 is 33.4 Å². The minimum atomic E-state index is -0.356. The second-order valence-corrected chi connectivity index (χ2v) is 6.61. The molecule has 1 atom stereocenters. The molecule has 2 amide bonds. The standard InChI is InChI=1S/C15H18N4O3S/c16-13(21)10-2-1-5-18(8-10)12(20)3-6-19-9-17-14-11(15(19)22)4-7-23-14/h4,7,9-10H,1-3,5-6,8H2,(H2,16,21)/t10-/m1/s1. The molecule has 2 N–H and O–H groups in total. The van der Waals surface area contributed by atoms with Gasteiger partial charge in [0.05, 0.1) is 17.6 Å². The number of piperidine rings is 1. The number of carbonyl (C=O) groups is 2. The molecule has 3 heterocycles. The van der Waals surface area contributed by atoms with E-state index in [0.29, 0.717) is 23.3 Å². The molecule has 1 saturated heterocycles. The molecule has 0 bridgehead atoms. The third kappa shape index (κ3) is 3.26. The molecule has 3 rings (SSSR count). The van der Waals surface area contributed by atoms with Gasteiger partial charge in [0, 0.05) is 26.1 Å². The first-order valence-corrected chi connectivity index (χ1v) is 8.44. The smallest absolute Gasteiger partial charge is 0.262 e. The molecule has 2 aromatic heterocycles. The molecule has 7 nitrogen and oxygen atoms in total. The van der Waals surface area contributed by atoms with Crippen molar-refractivity contribution in [3.05, 3.63) is 28.1 Å². The van der Waals surface area contributed by atoms with Crippen molar-refractivity contribution < 1.29 is 9.59 Å². The van der Waals surface area contributed by atoms with Crippen LogP contribution in [0.15, 0.2) is 22.6 Å². The molecule has 1 fully saturated rings. The van der Waals surface area contributed by atoms with E-state index >= 15 is 0 Å². The van der Waals surface area contributed by atoms with Crippen molar-refractivity contribution in [2.24, 2.45) is 11.7 Å². The van der Waals surface area contributed by atoms with E-state index in [4.69, 9.17) is 5.73 Å². The van der Waals surface area contributed by atoms with Gasteiger partial charge in [-0.05, 0) is 24.3 Å². The highest BCUT2D eigenvalue weighted by atomic mass is 32.1. The molecule has 122 valence electrons. The van der Waals surface area contributed by atoms with Gasteiger partial charge in [-0.3, -0.25) is 19.0 Å². The number of thiophene rings is 1. The zero-order valence-electron chi connectivity index (χ0n) is 12.6. The van der Waals surface area contributed by atoms with Crippen LogP contribution < -0.4 is 11.3 Å². The fraction of sp³-hybridized carbons (Fsp3) is 0.467. The third-order valence-corrected chi connectivity index (χ3v) is 5.01. The van der Waals surface area contributed by atoms with Crippen LogP contribution in [0.25, 0.3) is 10.2 Å². The number of hydrogen-bond donors (Lipinski definition) is 1. The lowest BCUT2D eigenvalue weighted by Crippen LogP contribution is -2.44. The Bertz CT molecular complexity index is 797. The Morgan fingerprint density at radius 1 is 1.43 bits per heavy atom. The Morgan fingerprint density at radius 3 is 3.04 bits per heavy atom. The van der Waals surface area contributed by atoms with Crippen molar-refractivity contribution in [2.75, 3.05) is 13.1 Å². The minimum absolute atomic E-state index is 0.0618. The molecule has 0 saturated carbocycles. The molecule has 0 spiro atoms. The monoisotopic (exact) mass is 334 g/mol. The summed E-state index contributed by atoms with van der Waals surface area (Å²) in [6.07, 6.45) is 3.21. The van der Waals surface area contributed by atoms with E-state index in [0.717, 1.165) is 12.8 Å². The van der Waals surface area contributed by atoms with E-state index < -0.39 is 0 Å². The van der Waals surface area contributed by atoms with Crippen LogP contribution in [0, 0.1) is 5.92 Å². The number of carbonyl (C=O) groups excluding carboxylic acids is 2. The Kier molecular flexibility index (Phi) is 4.42. The second kappa shape index (κ2) is 6.49. The Balaban J connectivity index is 1.65. The van der Waals surface area contributed by atoms with Gasteiger partial charge in [0.15, 0.2) is 0 Å². The van der Waals surface area contributed by atoms with Gasteiger partial charge >= 0.3 is 0 Å². The lowest BCUT2D eigenvalue weighted by atomic mass is 9.97. The van der Waals surface area contributed by atoms with Crippen molar-refractivity contribution in [2.45, 2.75) is 25.8 Å². The summed E-state index contributed by atoms with van der Waals surface area (Å²) in [4.78, 5) is 42.4. The largest absolute Gasteiger partial charge is 0.369 e. The summed E-state index contributed by atoms with van der Waals surface area (Å²) in [5.74, 6) is -0.682. The maximum Gasteiger partial charge on any atom is 0.262 e. The number of amides is 2. The Hall–Kier alpha value is -2.22. The third-order valence-electron chi connectivity index (χ3n) is 4.19. The van der Waals surface area contributed by atoms with E-state index in [2.05, 4.69) is 4.98 Å². The number of nitrogens with two attached hydrogens (primary N) is 1. The molecule has 2 aromatic rings. The van der Waals surface area contributed by atoms with Crippen LogP contribution in [0.5, 0.6) is 0 Å². The average molecular weight is 334 g/mol. The van der Waals surface area contributed by atoms with E-state index in [1.807, 2.05) is 5.38 Å². The van der Waals surface area contributed by atoms with E-state index in [1.54, 1.807) is 11.0 Å². The fourth-order valence-electron chi connectivity index (χ4n) is 2.86. The first-order chi connectivity index (χ1) is 11.1. The summed E-state index contributed by atoms with van der Waals surface area (Å²) in [7, 11) is 0. The number of nitrogens with zero attached hydrogens (tertiary/aromatic N) is 3. The van der Waals surface area contributed by atoms with Crippen molar-refractivity contribution in [3.8, 4) is 0 Å². The highest BCUT2D eigenvalue weighted by molar-refractivity contribution is 7.16. The number of aryl methyl sites for hydroxylation is 1. The molecule has 1 aliphatic heterocycles. The van der Waals surface area contributed by atoms with Gasteiger partial charge in [-0.1, -0.05) is 0 Å². The first-order valence-electron chi connectivity index (χ1n) is 7.56. The second-order valence-electron chi connectivity index (χ2n) is 5.71. The average Bonchev–Trinajstić information content (AvgIpc) is 3.03. The molecular weight excluding hydrogens is 316 g/mol. The van der Waals surface area contributed by atoms with Crippen LogP contribution >= 0.6 is 11.3 Å². The van der Waals surface area contributed by atoms with Gasteiger partial charge in [-0.2, -0.15) is 0 Å². The lowest BCUT2D eigenvalue weighted by Gasteiger charge is -2.31. The summed E-state index contributed by atoms with van der Waals surface area (Å²) >= 11 is 1.42. The van der Waals surface area contributed by atoms with Gasteiger partial charge in [0.1, 0.15) is 4.83 Å². The highest BCUT2D eigenvalue weighted by Crippen LogP contribution is 2.17. The normalized spacial score (nSPS) is 18.3. The van der Waals surface area contributed by atoms with E-state index in [1.165, 1.54) is 22.2 Å². The van der Waals surface area contributed by atoms with Crippen molar-refractivity contribution in [1.82, 2.24) is 14.5 Å². The summed E-state index contributed by atoms with van der Waals surface area (Å²) in [6, 6.07) is 1.75. The van der Waals surface area contributed by atoms with Crippen molar-refractivity contribution in [1.29, 1.82) is 0 Å². The van der Waals surface area contributed by atoms with Gasteiger partial charge in [-0.25, -0.2) is 4.98 Å². The van der Waals surface area contributed by atoms with Crippen LogP contribution in [-0.4, -0.2) is 39.4 Å². The maximum atomic E-state index is 12.3. The lowest BCUT2D eigenvalue weighted by molar-refractivity contribution is -0.135. The first kappa shape index (κ1) is 15.7. The Labute approximate surface area is 136 Å². The molecule has 0 unspecified atom stereocenters. The maximum absolute atomic E-state index is 12.3. The van der Waals surface area contributed by atoms with Gasteiger partial charge in [0.2, 0.25) is 11.8 Å². The van der Waals surface area contributed by atoms with Crippen LogP contribution in [0.2, 0.25) is 0 Å². The van der Waals surface area contributed by atoms with Gasteiger partial charge in [0.25, 0.3) is 5.56 Å². The number of aromatic nitrogens is 2. The molecule has 23 heavy (non-hydrogen) atoms. The van der Waals surface area contributed by atoms with Crippen molar-refractivity contribution in [3.63, 3.8) is 0 Å². The predicted molar refractivity (Wildman–Crippen MR) is 87.0 cm³/mol. The Morgan fingerprint density at radius 2 is 2.26 bits per heavy atom. The highest BCUT2D eigenvalue weighted by Gasteiger charge is 2.26. The number of rotatable bonds is 4. The molecular formula is C15H18N4O3S. The zero-order valence-corrected chi connectivity index (χ0v) is 13.4. The molecule has 8 heteroatoms. The number of hydrogen-bond acceptors (Lipinski definition) is 5. The topological polar surface area (TPSA) is 98.3 Å². The quantitative estimate of drug-likeness (QED) is 0.884. The van der Waals surface area contributed by atoms with Crippen LogP contribution in [0.4, 0.5) is 0 Å². The molecule has 0 aromatic carbocycles. The molecule has 1 aliphatic rings. The van der Waals surface area contributed by atoms with E-state index in [-0.39, 0.29) is 36.3 Å². The summed E-state index contributed by atoms with van der Waals surface area (Å²) in [5.41, 5.74) is 5.20. The summed E-state index contributed by atoms with van der Waals surface area (Å²) in [5, 5.41) is 2.41.